The molecule has 0 radical (unpaired) electrons. The van der Waals surface area contributed by atoms with Crippen LogP contribution >= 0.6 is 0 Å². The Morgan fingerprint density at radius 1 is 1.06 bits per heavy atom. The molecule has 1 aliphatic rings. The van der Waals surface area contributed by atoms with Crippen molar-refractivity contribution in [3.63, 3.8) is 0 Å². The highest BCUT2D eigenvalue weighted by Crippen LogP contribution is 2.25. The molecule has 0 saturated carbocycles. The lowest BCUT2D eigenvalue weighted by Gasteiger charge is -2.30. The Kier molecular flexibility index (Phi) is 6.53. The molecule has 1 aromatic heterocycles. The van der Waals surface area contributed by atoms with Gasteiger partial charge in [0.2, 0.25) is 10.0 Å². The Balaban J connectivity index is 1.39. The molecule has 1 atom stereocenters. The van der Waals surface area contributed by atoms with Gasteiger partial charge in [-0.2, -0.15) is 4.31 Å². The number of rotatable bonds is 6. The highest BCUT2D eigenvalue weighted by molar-refractivity contribution is 7.89. The summed E-state index contributed by atoms with van der Waals surface area (Å²) in [6.07, 6.45) is 5.20. The normalized spacial score (nSPS) is 17.0. The van der Waals surface area contributed by atoms with Gasteiger partial charge >= 0.3 is 0 Å². The van der Waals surface area contributed by atoms with Crippen LogP contribution in [0.4, 0.5) is 5.69 Å². The van der Waals surface area contributed by atoms with Crippen LogP contribution in [0.2, 0.25) is 0 Å². The number of pyridine rings is 1. The first-order chi connectivity index (χ1) is 15.4. The zero-order chi connectivity index (χ0) is 22.6. The van der Waals surface area contributed by atoms with Crippen molar-refractivity contribution in [2.24, 2.45) is 5.92 Å². The van der Waals surface area contributed by atoms with Gasteiger partial charge in [0.25, 0.3) is 5.91 Å². The number of anilines is 1. The van der Waals surface area contributed by atoms with Crippen molar-refractivity contribution in [3.8, 4) is 11.5 Å². The van der Waals surface area contributed by atoms with Crippen LogP contribution in [0.3, 0.4) is 0 Å². The van der Waals surface area contributed by atoms with Crippen molar-refractivity contribution in [1.29, 1.82) is 0 Å². The third-order valence-electron chi connectivity index (χ3n) is 5.36. The molecule has 1 unspecified atom stereocenters. The first kappa shape index (κ1) is 22.0. The second kappa shape index (κ2) is 9.50. The summed E-state index contributed by atoms with van der Waals surface area (Å²) in [7, 11) is -3.52. The highest BCUT2D eigenvalue weighted by Gasteiger charge is 2.28. The quantitative estimate of drug-likeness (QED) is 0.594. The number of nitrogens with one attached hydrogen (secondary N) is 1. The minimum absolute atomic E-state index is 0.238. The number of carbonyl (C=O) groups excluding carboxylic acids is 1. The van der Waals surface area contributed by atoms with Crippen LogP contribution in [0.25, 0.3) is 0 Å². The first-order valence-electron chi connectivity index (χ1n) is 10.5. The Bertz CT molecular complexity index is 1160. The van der Waals surface area contributed by atoms with Gasteiger partial charge in [0.15, 0.2) is 0 Å². The molecule has 2 heterocycles. The van der Waals surface area contributed by atoms with Crippen molar-refractivity contribution < 1.29 is 17.9 Å². The number of aromatic nitrogens is 1. The Labute approximate surface area is 188 Å². The van der Waals surface area contributed by atoms with E-state index in [4.69, 9.17) is 4.74 Å². The fraction of sp³-hybridized carbons (Fsp3) is 0.250. The summed E-state index contributed by atoms with van der Waals surface area (Å²) in [6.45, 7) is 3.16. The average molecular weight is 452 g/mol. The van der Waals surface area contributed by atoms with Gasteiger partial charge in [-0.15, -0.1) is 0 Å². The van der Waals surface area contributed by atoms with Gasteiger partial charge in [0, 0.05) is 30.5 Å². The number of ether oxygens (including phenoxy) is 1. The Morgan fingerprint density at radius 2 is 1.81 bits per heavy atom. The van der Waals surface area contributed by atoms with Crippen molar-refractivity contribution in [1.82, 2.24) is 9.29 Å². The number of carbonyl (C=O) groups is 1. The summed E-state index contributed by atoms with van der Waals surface area (Å²) < 4.78 is 33.0. The lowest BCUT2D eigenvalue weighted by Crippen LogP contribution is -2.39. The van der Waals surface area contributed by atoms with Crippen LogP contribution in [0.1, 0.15) is 30.1 Å². The predicted octanol–water partition coefficient (Wildman–Crippen LogP) is 4.55. The van der Waals surface area contributed by atoms with Crippen molar-refractivity contribution in [2.75, 3.05) is 18.4 Å². The number of sulfonamides is 1. The van der Waals surface area contributed by atoms with E-state index in [0.29, 0.717) is 41.8 Å². The lowest BCUT2D eigenvalue weighted by molar-refractivity contribution is 0.102. The molecule has 1 saturated heterocycles. The SMILES string of the molecule is CC1CCCN(S(=O)(=O)c2ccc(NC(=O)c3ccc(Oc4cccnc4)cc3)cc2)C1. The van der Waals surface area contributed by atoms with Gasteiger partial charge in [-0.05, 0) is 79.4 Å². The number of hydrogen-bond donors (Lipinski definition) is 1. The van der Waals surface area contributed by atoms with Crippen LogP contribution < -0.4 is 10.1 Å². The van der Waals surface area contributed by atoms with Crippen LogP contribution in [0.15, 0.2) is 78.0 Å². The zero-order valence-electron chi connectivity index (χ0n) is 17.8. The molecule has 32 heavy (non-hydrogen) atoms. The molecular formula is C24H25N3O4S. The predicted molar refractivity (Wildman–Crippen MR) is 122 cm³/mol. The van der Waals surface area contributed by atoms with E-state index in [2.05, 4.69) is 17.2 Å². The minimum atomic E-state index is -3.52. The largest absolute Gasteiger partial charge is 0.456 e. The lowest BCUT2D eigenvalue weighted by atomic mass is 10.0. The summed E-state index contributed by atoms with van der Waals surface area (Å²) in [6, 6.07) is 16.6. The molecule has 3 aromatic rings. The van der Waals surface area contributed by atoms with E-state index in [-0.39, 0.29) is 10.8 Å². The monoisotopic (exact) mass is 451 g/mol. The summed E-state index contributed by atoms with van der Waals surface area (Å²) in [5.74, 6) is 1.27. The third kappa shape index (κ3) is 5.15. The third-order valence-corrected chi connectivity index (χ3v) is 7.24. The molecule has 4 rings (SSSR count). The number of hydrogen-bond acceptors (Lipinski definition) is 5. The topological polar surface area (TPSA) is 88.6 Å². The van der Waals surface area contributed by atoms with Crippen LogP contribution in [-0.2, 0) is 10.0 Å². The van der Waals surface area contributed by atoms with Crippen molar-refractivity contribution >= 4 is 21.6 Å². The van der Waals surface area contributed by atoms with E-state index in [1.54, 1.807) is 65.2 Å². The maximum Gasteiger partial charge on any atom is 0.255 e. The van der Waals surface area contributed by atoms with Gasteiger partial charge in [-0.25, -0.2) is 8.42 Å². The van der Waals surface area contributed by atoms with Crippen LogP contribution in [0.5, 0.6) is 11.5 Å². The number of nitrogens with zero attached hydrogens (tertiary/aromatic N) is 2. The molecule has 8 heteroatoms. The maximum absolute atomic E-state index is 12.9. The summed E-state index contributed by atoms with van der Waals surface area (Å²) in [4.78, 5) is 16.8. The number of benzene rings is 2. The molecule has 7 nitrogen and oxygen atoms in total. The molecule has 1 N–H and O–H groups in total. The van der Waals surface area contributed by atoms with Crippen LogP contribution in [0, 0.1) is 5.92 Å². The first-order valence-corrected chi connectivity index (χ1v) is 12.0. The summed E-state index contributed by atoms with van der Waals surface area (Å²) in [5, 5.41) is 2.79. The molecule has 0 bridgehead atoms. The minimum Gasteiger partial charge on any atom is -0.456 e. The average Bonchev–Trinajstić information content (AvgIpc) is 2.80. The molecule has 2 aromatic carbocycles. The van der Waals surface area contributed by atoms with Gasteiger partial charge in [0.05, 0.1) is 11.1 Å². The fourth-order valence-corrected chi connectivity index (χ4v) is 5.24. The van der Waals surface area contributed by atoms with E-state index in [1.165, 1.54) is 12.1 Å². The number of piperidine rings is 1. The molecule has 1 fully saturated rings. The maximum atomic E-state index is 12.9. The summed E-state index contributed by atoms with van der Waals surface area (Å²) >= 11 is 0. The van der Waals surface area contributed by atoms with Gasteiger partial charge < -0.3 is 10.1 Å². The zero-order valence-corrected chi connectivity index (χ0v) is 18.6. The van der Waals surface area contributed by atoms with E-state index in [1.807, 2.05) is 0 Å². The van der Waals surface area contributed by atoms with Gasteiger partial charge in [-0.3, -0.25) is 9.78 Å². The van der Waals surface area contributed by atoms with Crippen molar-refractivity contribution in [2.45, 2.75) is 24.7 Å². The smallest absolute Gasteiger partial charge is 0.255 e. The van der Waals surface area contributed by atoms with E-state index in [9.17, 15) is 13.2 Å². The van der Waals surface area contributed by atoms with E-state index >= 15 is 0 Å². The second-order valence-electron chi connectivity index (χ2n) is 7.90. The molecule has 0 spiro atoms. The highest BCUT2D eigenvalue weighted by atomic mass is 32.2. The summed E-state index contributed by atoms with van der Waals surface area (Å²) in [5.41, 5.74) is 0.985. The second-order valence-corrected chi connectivity index (χ2v) is 9.84. The van der Waals surface area contributed by atoms with Gasteiger partial charge in [0.1, 0.15) is 11.5 Å². The standard InChI is InChI=1S/C24H25N3O4S/c1-18-4-3-15-27(17-18)32(29,30)23-12-8-20(9-13-23)26-24(28)19-6-10-21(11-7-19)31-22-5-2-14-25-16-22/h2,5-14,16,18H,3-4,15,17H2,1H3,(H,26,28). The number of amides is 1. The molecular weight excluding hydrogens is 426 g/mol. The molecule has 1 aliphatic heterocycles. The molecule has 0 aliphatic carbocycles. The van der Waals surface area contributed by atoms with Crippen molar-refractivity contribution in [3.05, 3.63) is 78.6 Å². The van der Waals surface area contributed by atoms with E-state index in [0.717, 1.165) is 12.8 Å². The van der Waals surface area contributed by atoms with Gasteiger partial charge in [-0.1, -0.05) is 6.92 Å². The Hall–Kier alpha value is -3.23. The fourth-order valence-electron chi connectivity index (χ4n) is 3.65. The molecule has 1 amide bonds. The molecule has 166 valence electrons. The Morgan fingerprint density at radius 3 is 2.47 bits per heavy atom. The van der Waals surface area contributed by atoms with Crippen LogP contribution in [-0.4, -0.2) is 36.7 Å². The van der Waals surface area contributed by atoms with E-state index < -0.39 is 10.0 Å².